The van der Waals surface area contributed by atoms with E-state index in [1.807, 2.05) is 0 Å². The second kappa shape index (κ2) is 9.44. The number of para-hydroxylation sites is 1. The molecule has 0 aliphatic heterocycles. The third-order valence-corrected chi connectivity index (χ3v) is 6.95. The Hall–Kier alpha value is -5.66. The second-order valence-corrected chi connectivity index (χ2v) is 9.26. The minimum absolute atomic E-state index is 0.427. The van der Waals surface area contributed by atoms with E-state index in [2.05, 4.69) is 0 Å². The van der Waals surface area contributed by atoms with Gasteiger partial charge in [0.2, 0.25) is 0 Å². The summed E-state index contributed by atoms with van der Waals surface area (Å²) in [5.41, 5.74) is -5.74. The van der Waals surface area contributed by atoms with E-state index in [1.165, 1.54) is 0 Å². The molecule has 0 fully saturated rings. The standard InChI is InChI=1S/C42H26O/c1-2-12-27(13-3-1)37-26-30(24-28-14-4-5-15-31(28)37)42-35-19-8-6-17-33(35)41(34-18-7-9-20-36(34)42)29-22-23-40-38(25-29)32-16-10-11-21-39(32)43-40/h1-26H/i1D,2D,3D,4D,5D,6D,7D,8D,9D,10D,11D,12D,13D,14D,15D,16D,17D,18D,19D,20D,21D,22D,23D,24D,25D,26D. The van der Waals surface area contributed by atoms with Gasteiger partial charge >= 0.3 is 0 Å². The summed E-state index contributed by atoms with van der Waals surface area (Å²) in [5, 5.41) is -5.30. The van der Waals surface area contributed by atoms with Gasteiger partial charge in [0.25, 0.3) is 0 Å². The van der Waals surface area contributed by atoms with Crippen molar-refractivity contribution in [3.05, 3.63) is 157 Å². The fourth-order valence-corrected chi connectivity index (χ4v) is 5.18. The highest BCUT2D eigenvalue weighted by atomic mass is 16.3. The van der Waals surface area contributed by atoms with Crippen molar-refractivity contribution >= 4 is 54.3 Å². The zero-order chi connectivity index (χ0) is 51.0. The Balaban J connectivity index is 1.66. The first-order chi connectivity index (χ1) is 32.2. The van der Waals surface area contributed by atoms with Gasteiger partial charge in [-0.2, -0.15) is 0 Å². The molecular formula is C42H26O. The molecule has 0 aliphatic rings. The third-order valence-electron chi connectivity index (χ3n) is 6.95. The molecule has 8 aromatic carbocycles. The van der Waals surface area contributed by atoms with Crippen LogP contribution in [0.2, 0.25) is 0 Å². The smallest absolute Gasteiger partial charge is 0.135 e. The molecule has 0 aliphatic carbocycles. The lowest BCUT2D eigenvalue weighted by Crippen LogP contribution is -1.92. The van der Waals surface area contributed by atoms with E-state index in [0.29, 0.717) is 0 Å². The number of rotatable bonds is 3. The van der Waals surface area contributed by atoms with Crippen LogP contribution in [-0.2, 0) is 0 Å². The lowest BCUT2D eigenvalue weighted by molar-refractivity contribution is 0.669. The Labute approximate surface area is 285 Å². The average molecular weight is 573 g/mol. The second-order valence-electron chi connectivity index (χ2n) is 9.26. The van der Waals surface area contributed by atoms with Crippen LogP contribution < -0.4 is 0 Å². The third kappa shape index (κ3) is 3.72. The molecule has 0 unspecified atom stereocenters. The van der Waals surface area contributed by atoms with Crippen LogP contribution in [-0.4, -0.2) is 0 Å². The number of fused-ring (bicyclic) bond motifs is 6. The van der Waals surface area contributed by atoms with Gasteiger partial charge in [-0.25, -0.2) is 0 Å². The highest BCUT2D eigenvalue weighted by Crippen LogP contribution is 2.46. The molecule has 1 aromatic heterocycles. The quantitative estimate of drug-likeness (QED) is 0.192. The van der Waals surface area contributed by atoms with Crippen LogP contribution in [0.4, 0.5) is 0 Å². The molecule has 1 heterocycles. The van der Waals surface area contributed by atoms with Gasteiger partial charge in [-0.05, 0) is 95.9 Å². The molecule has 0 radical (unpaired) electrons. The van der Waals surface area contributed by atoms with Crippen molar-refractivity contribution in [1.29, 1.82) is 0 Å². The lowest BCUT2D eigenvalue weighted by Gasteiger charge is -2.19. The molecule has 9 rings (SSSR count). The summed E-state index contributed by atoms with van der Waals surface area (Å²) in [4.78, 5) is 0. The molecule has 0 saturated heterocycles. The zero-order valence-electron chi connectivity index (χ0n) is 47.4. The molecule has 0 N–H and O–H groups in total. The molecule has 0 spiro atoms. The maximum Gasteiger partial charge on any atom is 0.135 e. The van der Waals surface area contributed by atoms with E-state index in [-0.39, 0.29) is 0 Å². The van der Waals surface area contributed by atoms with Crippen LogP contribution in [0.25, 0.3) is 87.6 Å². The van der Waals surface area contributed by atoms with Crippen molar-refractivity contribution in [3.8, 4) is 33.4 Å². The van der Waals surface area contributed by atoms with Gasteiger partial charge in [0.15, 0.2) is 0 Å². The number of furan rings is 1. The average Bonchev–Trinajstić information content (AvgIpc) is 3.73. The summed E-state index contributed by atoms with van der Waals surface area (Å²) in [6.07, 6.45) is 0. The fourth-order valence-electron chi connectivity index (χ4n) is 5.18. The van der Waals surface area contributed by atoms with E-state index in [9.17, 15) is 11.0 Å². The van der Waals surface area contributed by atoms with Crippen LogP contribution in [0.5, 0.6) is 0 Å². The Kier molecular flexibility index (Phi) is 2.13. The van der Waals surface area contributed by atoms with Crippen molar-refractivity contribution in [2.45, 2.75) is 0 Å². The molecule has 0 saturated carbocycles. The molecular weight excluding hydrogens is 520 g/mol. The monoisotopic (exact) mass is 572 g/mol. The summed E-state index contributed by atoms with van der Waals surface area (Å²) in [6.45, 7) is 0. The number of hydrogen-bond donors (Lipinski definition) is 0. The molecule has 0 atom stereocenters. The van der Waals surface area contributed by atoms with Gasteiger partial charge in [-0.3, -0.25) is 0 Å². The first-order valence-corrected chi connectivity index (χ1v) is 12.7. The van der Waals surface area contributed by atoms with Crippen LogP contribution in [0.15, 0.2) is 162 Å². The molecule has 1 heteroatoms. The summed E-state index contributed by atoms with van der Waals surface area (Å²) in [5.74, 6) is 0. The summed E-state index contributed by atoms with van der Waals surface area (Å²) in [6, 6.07) is -24.1. The van der Waals surface area contributed by atoms with Crippen molar-refractivity contribution in [3.63, 3.8) is 0 Å². The normalized spacial score (nSPS) is 20.2. The molecule has 43 heavy (non-hydrogen) atoms. The van der Waals surface area contributed by atoms with Crippen LogP contribution >= 0.6 is 0 Å². The van der Waals surface area contributed by atoms with E-state index in [1.54, 1.807) is 0 Å². The highest BCUT2D eigenvalue weighted by Gasteiger charge is 2.19. The maximum absolute atomic E-state index is 9.90. The van der Waals surface area contributed by atoms with E-state index >= 15 is 0 Å². The topological polar surface area (TPSA) is 13.1 Å². The van der Waals surface area contributed by atoms with E-state index in [0.717, 1.165) is 0 Å². The van der Waals surface area contributed by atoms with Gasteiger partial charge < -0.3 is 4.42 Å². The van der Waals surface area contributed by atoms with Crippen LogP contribution in [0.1, 0.15) is 35.6 Å². The predicted molar refractivity (Wildman–Crippen MR) is 183 cm³/mol. The Morgan fingerprint density at radius 3 is 1.58 bits per heavy atom. The van der Waals surface area contributed by atoms with Crippen molar-refractivity contribution in [1.82, 2.24) is 0 Å². The minimum atomic E-state index is -1.05. The van der Waals surface area contributed by atoms with Gasteiger partial charge in [-0.15, -0.1) is 0 Å². The first-order valence-electron chi connectivity index (χ1n) is 25.7. The van der Waals surface area contributed by atoms with Crippen LogP contribution in [0.3, 0.4) is 0 Å². The molecule has 0 amide bonds. The van der Waals surface area contributed by atoms with Crippen LogP contribution in [0, 0.1) is 0 Å². The molecule has 0 bridgehead atoms. The Morgan fingerprint density at radius 1 is 0.349 bits per heavy atom. The van der Waals surface area contributed by atoms with Gasteiger partial charge in [0.1, 0.15) is 11.2 Å². The fraction of sp³-hybridized carbons (Fsp3) is 0. The number of hydrogen-bond acceptors (Lipinski definition) is 1. The van der Waals surface area contributed by atoms with Crippen molar-refractivity contribution < 1.29 is 40.1 Å². The van der Waals surface area contributed by atoms with Crippen molar-refractivity contribution in [2.24, 2.45) is 0 Å². The van der Waals surface area contributed by atoms with E-state index in [4.69, 9.17) is 29.1 Å². The summed E-state index contributed by atoms with van der Waals surface area (Å²) in [7, 11) is 0. The zero-order valence-corrected chi connectivity index (χ0v) is 21.4. The predicted octanol–water partition coefficient (Wildman–Crippen LogP) is 12.0. The van der Waals surface area contributed by atoms with Crippen molar-refractivity contribution in [2.75, 3.05) is 0 Å². The van der Waals surface area contributed by atoms with E-state index < -0.39 is 245 Å². The minimum Gasteiger partial charge on any atom is -0.456 e. The number of benzene rings is 8. The first kappa shape index (κ1) is 9.69. The summed E-state index contributed by atoms with van der Waals surface area (Å²) < 4.78 is 239. The maximum atomic E-state index is 9.90. The molecule has 1 nitrogen and oxygen atoms in total. The largest absolute Gasteiger partial charge is 0.456 e. The highest BCUT2D eigenvalue weighted by molar-refractivity contribution is 6.23. The molecule has 200 valence electrons. The molecule has 9 aromatic rings. The SMILES string of the molecule is [2H]c1c([2H])c([2H])c(-c2c([2H])c(-c3c4c([2H])c([2H])c([2H])c([2H])c4c(-c4c([2H])c([2H])c5oc6c([2H])c([2H])c([2H])c([2H])c6c5c4[2H])c4c([2H])c([2H])c([2H])c([2H])c34)c([2H])c3c([2H])c([2H])c([2H])c([2H])c23)c([2H])c1[2H]. The lowest BCUT2D eigenvalue weighted by atomic mass is 9.84. The summed E-state index contributed by atoms with van der Waals surface area (Å²) >= 11 is 0. The Bertz CT molecular complexity index is 3860. The van der Waals surface area contributed by atoms with Gasteiger partial charge in [-0.1, -0.05) is 127 Å². The Morgan fingerprint density at radius 2 is 0.884 bits per heavy atom. The van der Waals surface area contributed by atoms with Gasteiger partial charge in [0.05, 0.1) is 35.6 Å². The van der Waals surface area contributed by atoms with Gasteiger partial charge in [0, 0.05) is 10.8 Å².